The molecule has 3 saturated heterocycles. The largest absolute Gasteiger partial charge is 0.390 e. The third-order valence-corrected chi connectivity index (χ3v) is 4.81. The van der Waals surface area contributed by atoms with E-state index in [9.17, 15) is 5.11 Å². The van der Waals surface area contributed by atoms with Gasteiger partial charge in [-0.1, -0.05) is 6.42 Å². The summed E-state index contributed by atoms with van der Waals surface area (Å²) in [7, 11) is 0. The maximum absolute atomic E-state index is 10.0. The minimum atomic E-state index is -0.174. The molecule has 3 fully saturated rings. The molecule has 0 spiro atoms. The van der Waals surface area contributed by atoms with Crippen LogP contribution in [0.5, 0.6) is 0 Å². The Morgan fingerprint density at radius 2 is 2.06 bits per heavy atom. The van der Waals surface area contributed by atoms with Crippen molar-refractivity contribution in [1.29, 1.82) is 0 Å². The van der Waals surface area contributed by atoms with Gasteiger partial charge in [-0.15, -0.1) is 0 Å². The van der Waals surface area contributed by atoms with Crippen molar-refractivity contribution in [3.8, 4) is 0 Å². The van der Waals surface area contributed by atoms with Crippen molar-refractivity contribution in [3.63, 3.8) is 0 Å². The zero-order valence-corrected chi connectivity index (χ0v) is 10.8. The molecule has 0 amide bonds. The van der Waals surface area contributed by atoms with Crippen molar-refractivity contribution in [2.24, 2.45) is 0 Å². The molecule has 3 rings (SSSR count). The number of aliphatic hydroxyl groups is 1. The highest BCUT2D eigenvalue weighted by Crippen LogP contribution is 2.26. The van der Waals surface area contributed by atoms with Gasteiger partial charge in [0.25, 0.3) is 0 Å². The van der Waals surface area contributed by atoms with Crippen LogP contribution >= 0.6 is 0 Å². The lowest BCUT2D eigenvalue weighted by molar-refractivity contribution is -0.0287. The van der Waals surface area contributed by atoms with Crippen molar-refractivity contribution in [1.82, 2.24) is 15.1 Å². The Balaban J connectivity index is 1.68. The lowest BCUT2D eigenvalue weighted by atomic mass is 9.95. The van der Waals surface area contributed by atoms with E-state index in [4.69, 9.17) is 0 Å². The number of hydrogen-bond donors (Lipinski definition) is 2. The number of nitrogens with one attached hydrogen (secondary N) is 1. The van der Waals surface area contributed by atoms with Crippen LogP contribution in [-0.4, -0.2) is 71.9 Å². The van der Waals surface area contributed by atoms with Gasteiger partial charge in [0.2, 0.25) is 0 Å². The molecule has 0 aromatic rings. The van der Waals surface area contributed by atoms with Crippen LogP contribution in [0.25, 0.3) is 0 Å². The quantitative estimate of drug-likeness (QED) is 0.669. The zero-order valence-electron chi connectivity index (χ0n) is 10.8. The number of rotatable bonds is 1. The van der Waals surface area contributed by atoms with Crippen LogP contribution in [0, 0.1) is 0 Å². The molecule has 3 aliphatic rings. The topological polar surface area (TPSA) is 38.7 Å². The fourth-order valence-electron chi connectivity index (χ4n) is 3.83. The molecule has 0 bridgehead atoms. The van der Waals surface area contributed by atoms with Gasteiger partial charge in [-0.05, 0) is 26.3 Å². The first-order valence-corrected chi connectivity index (χ1v) is 7.14. The molecule has 4 heteroatoms. The summed E-state index contributed by atoms with van der Waals surface area (Å²) in [4.78, 5) is 5.22. The Kier molecular flexibility index (Phi) is 3.39. The van der Waals surface area contributed by atoms with Crippen LogP contribution in [0.1, 0.15) is 26.2 Å². The first-order valence-electron chi connectivity index (χ1n) is 7.14. The highest BCUT2D eigenvalue weighted by atomic mass is 16.3. The first kappa shape index (κ1) is 11.9. The fourth-order valence-corrected chi connectivity index (χ4v) is 3.83. The fraction of sp³-hybridized carbons (Fsp3) is 1.00. The maximum Gasteiger partial charge on any atom is 0.0831 e. The maximum atomic E-state index is 10.0. The molecule has 3 heterocycles. The smallest absolute Gasteiger partial charge is 0.0831 e. The van der Waals surface area contributed by atoms with E-state index >= 15 is 0 Å². The summed E-state index contributed by atoms with van der Waals surface area (Å²) in [6.45, 7) is 7.67. The van der Waals surface area contributed by atoms with Gasteiger partial charge < -0.3 is 10.4 Å². The third-order valence-electron chi connectivity index (χ3n) is 4.81. The second-order valence-corrected chi connectivity index (χ2v) is 5.98. The predicted molar refractivity (Wildman–Crippen MR) is 68.0 cm³/mol. The minimum absolute atomic E-state index is 0.174. The summed E-state index contributed by atoms with van der Waals surface area (Å²) < 4.78 is 0. The summed E-state index contributed by atoms with van der Waals surface area (Å²) >= 11 is 0. The standard InChI is InChI=1S/C13H25N3O/c1-10-8-15-5-3-2-4-11(15)9-16(10)12-6-14-7-13(12)17/h10-14,17H,2-9H2,1H3/t10?,11?,12-,13-/m0/s1. The number of piperazine rings is 1. The van der Waals surface area contributed by atoms with Gasteiger partial charge >= 0.3 is 0 Å². The number of fused-ring (bicyclic) bond motifs is 1. The van der Waals surface area contributed by atoms with E-state index in [1.807, 2.05) is 0 Å². The van der Waals surface area contributed by atoms with E-state index in [0.717, 1.165) is 25.7 Å². The van der Waals surface area contributed by atoms with Crippen molar-refractivity contribution < 1.29 is 5.11 Å². The van der Waals surface area contributed by atoms with E-state index < -0.39 is 0 Å². The van der Waals surface area contributed by atoms with Crippen LogP contribution in [0.2, 0.25) is 0 Å². The zero-order chi connectivity index (χ0) is 11.8. The normalized spacial score (nSPS) is 44.8. The molecule has 4 nitrogen and oxygen atoms in total. The van der Waals surface area contributed by atoms with Gasteiger partial charge in [0.15, 0.2) is 0 Å². The molecule has 98 valence electrons. The number of hydrogen-bond acceptors (Lipinski definition) is 4. The van der Waals surface area contributed by atoms with Gasteiger partial charge in [-0.25, -0.2) is 0 Å². The molecule has 17 heavy (non-hydrogen) atoms. The van der Waals surface area contributed by atoms with E-state index in [-0.39, 0.29) is 6.10 Å². The molecular formula is C13H25N3O. The van der Waals surface area contributed by atoms with E-state index in [1.165, 1.54) is 32.4 Å². The number of nitrogens with zero attached hydrogens (tertiary/aromatic N) is 2. The number of piperidine rings is 1. The molecule has 4 atom stereocenters. The monoisotopic (exact) mass is 239 g/mol. The average Bonchev–Trinajstić information content (AvgIpc) is 2.74. The van der Waals surface area contributed by atoms with Crippen LogP contribution in [0.4, 0.5) is 0 Å². The van der Waals surface area contributed by atoms with E-state index in [2.05, 4.69) is 22.0 Å². The Morgan fingerprint density at radius 1 is 1.18 bits per heavy atom. The molecule has 3 aliphatic heterocycles. The van der Waals surface area contributed by atoms with Crippen LogP contribution < -0.4 is 5.32 Å². The Hall–Kier alpha value is -0.160. The van der Waals surface area contributed by atoms with Crippen molar-refractivity contribution in [2.75, 3.05) is 32.7 Å². The summed E-state index contributed by atoms with van der Waals surface area (Å²) in [6.07, 6.45) is 3.93. The van der Waals surface area contributed by atoms with Gasteiger partial charge in [0.1, 0.15) is 0 Å². The van der Waals surface area contributed by atoms with Gasteiger partial charge in [0.05, 0.1) is 6.10 Å². The van der Waals surface area contributed by atoms with Crippen LogP contribution in [-0.2, 0) is 0 Å². The van der Waals surface area contributed by atoms with Crippen molar-refractivity contribution in [2.45, 2.75) is 50.4 Å². The average molecular weight is 239 g/mol. The van der Waals surface area contributed by atoms with Crippen molar-refractivity contribution in [3.05, 3.63) is 0 Å². The molecule has 0 aliphatic carbocycles. The molecule has 2 N–H and O–H groups in total. The molecule has 0 saturated carbocycles. The van der Waals surface area contributed by atoms with Gasteiger partial charge in [-0.3, -0.25) is 9.80 Å². The second kappa shape index (κ2) is 4.84. The van der Waals surface area contributed by atoms with Crippen molar-refractivity contribution >= 4 is 0 Å². The summed E-state index contributed by atoms with van der Waals surface area (Å²) in [5.41, 5.74) is 0. The SMILES string of the molecule is CC1CN2CCCCC2CN1[C@H]1CNC[C@@H]1O. The Bertz CT molecular complexity index is 273. The lowest BCUT2D eigenvalue weighted by Crippen LogP contribution is -2.62. The second-order valence-electron chi connectivity index (χ2n) is 5.98. The van der Waals surface area contributed by atoms with Gasteiger partial charge in [-0.2, -0.15) is 0 Å². The lowest BCUT2D eigenvalue weighted by Gasteiger charge is -2.49. The first-order chi connectivity index (χ1) is 8.25. The predicted octanol–water partition coefficient (Wildman–Crippen LogP) is -0.122. The van der Waals surface area contributed by atoms with E-state index in [1.54, 1.807) is 0 Å². The Labute approximate surface area is 104 Å². The summed E-state index contributed by atoms with van der Waals surface area (Å²) in [5.74, 6) is 0. The summed E-state index contributed by atoms with van der Waals surface area (Å²) in [5, 5.41) is 13.3. The molecule has 0 aromatic carbocycles. The number of aliphatic hydroxyl groups excluding tert-OH is 1. The molecule has 2 unspecified atom stereocenters. The highest BCUT2D eigenvalue weighted by Gasteiger charge is 2.39. The Morgan fingerprint density at radius 3 is 2.82 bits per heavy atom. The number of β-amino-alcohol motifs (C(OH)–C–C–N with tert-alkyl or cyclic N) is 1. The highest BCUT2D eigenvalue weighted by molar-refractivity contribution is 4.97. The van der Waals surface area contributed by atoms with E-state index in [0.29, 0.717) is 12.1 Å². The molecule has 0 aromatic heterocycles. The molecular weight excluding hydrogens is 214 g/mol. The van der Waals surface area contributed by atoms with Crippen LogP contribution in [0.3, 0.4) is 0 Å². The van der Waals surface area contributed by atoms with Gasteiger partial charge in [0, 0.05) is 44.3 Å². The minimum Gasteiger partial charge on any atom is -0.390 e. The van der Waals surface area contributed by atoms with Crippen LogP contribution in [0.15, 0.2) is 0 Å². The summed E-state index contributed by atoms with van der Waals surface area (Å²) in [6, 6.07) is 1.67. The third kappa shape index (κ3) is 2.24. The molecule has 0 radical (unpaired) electrons.